The second-order valence-corrected chi connectivity index (χ2v) is 5.35. The molecule has 5 nitrogen and oxygen atoms in total. The molecule has 0 spiro atoms. The number of hydrogen-bond acceptors (Lipinski definition) is 4. The van der Waals surface area contributed by atoms with Gasteiger partial charge in [-0.25, -0.2) is 0 Å². The molecule has 0 heterocycles. The molecule has 2 aromatic rings. The van der Waals surface area contributed by atoms with Crippen LogP contribution < -0.4 is 10.5 Å². The van der Waals surface area contributed by atoms with Gasteiger partial charge in [-0.15, -0.1) is 0 Å². The number of carbonyl (C=O) groups is 2. The number of hydrogen-bond donors (Lipinski definition) is 2. The second-order valence-electron chi connectivity index (χ2n) is 5.35. The van der Waals surface area contributed by atoms with Gasteiger partial charge in [-0.2, -0.15) is 0 Å². The number of rotatable bonds is 7. The van der Waals surface area contributed by atoms with Gasteiger partial charge in [-0.3, -0.25) is 9.59 Å². The van der Waals surface area contributed by atoms with Crippen LogP contribution in [0.4, 0.5) is 0 Å². The standard InChI is InChI=1S/C17H19NO4/c1-11(16(18)17(20)21)9-13(19)10-22-15-8-4-6-12-5-2-3-7-14(12)15/h2-8,11,16H,9-10,18H2,1H3,(H,20,21)/t11?,16-/m0/s1. The number of carboxylic acid groups (broad SMARTS) is 1. The van der Waals surface area contributed by atoms with Crippen LogP contribution in [0.5, 0.6) is 5.75 Å². The topological polar surface area (TPSA) is 89.6 Å². The number of aliphatic carboxylic acids is 1. The van der Waals surface area contributed by atoms with Gasteiger partial charge in [0.2, 0.25) is 0 Å². The van der Waals surface area contributed by atoms with Crippen LogP contribution in [-0.4, -0.2) is 29.5 Å². The van der Waals surface area contributed by atoms with Crippen molar-refractivity contribution in [3.8, 4) is 5.75 Å². The monoisotopic (exact) mass is 301 g/mol. The van der Waals surface area contributed by atoms with Gasteiger partial charge < -0.3 is 15.6 Å². The number of fused-ring (bicyclic) bond motifs is 1. The SMILES string of the molecule is CC(CC(=O)COc1cccc2ccccc12)[C@H](N)C(=O)O. The lowest BCUT2D eigenvalue weighted by atomic mass is 9.97. The van der Waals surface area contributed by atoms with Crippen molar-refractivity contribution in [1.82, 2.24) is 0 Å². The molecule has 0 fully saturated rings. The van der Waals surface area contributed by atoms with Crippen molar-refractivity contribution in [3.05, 3.63) is 42.5 Å². The molecule has 0 saturated carbocycles. The third-order valence-electron chi connectivity index (χ3n) is 3.59. The molecule has 0 aliphatic heterocycles. The van der Waals surface area contributed by atoms with E-state index in [-0.39, 0.29) is 18.8 Å². The van der Waals surface area contributed by atoms with E-state index in [0.29, 0.717) is 5.75 Å². The molecule has 0 saturated heterocycles. The van der Waals surface area contributed by atoms with Crippen LogP contribution >= 0.6 is 0 Å². The molecule has 2 rings (SSSR count). The fraction of sp³-hybridized carbons (Fsp3) is 0.294. The molecule has 0 aliphatic carbocycles. The highest BCUT2D eigenvalue weighted by Crippen LogP contribution is 2.25. The lowest BCUT2D eigenvalue weighted by Gasteiger charge is -2.15. The molecule has 0 bridgehead atoms. The van der Waals surface area contributed by atoms with Crippen molar-refractivity contribution < 1.29 is 19.4 Å². The molecule has 22 heavy (non-hydrogen) atoms. The van der Waals surface area contributed by atoms with Crippen molar-refractivity contribution in [3.63, 3.8) is 0 Å². The summed E-state index contributed by atoms with van der Waals surface area (Å²) in [5.74, 6) is -1.06. The van der Waals surface area contributed by atoms with Crippen LogP contribution in [-0.2, 0) is 9.59 Å². The van der Waals surface area contributed by atoms with Gasteiger partial charge in [0.15, 0.2) is 5.78 Å². The molecule has 0 radical (unpaired) electrons. The van der Waals surface area contributed by atoms with Crippen molar-refractivity contribution in [2.45, 2.75) is 19.4 Å². The number of ether oxygens (including phenoxy) is 1. The number of benzene rings is 2. The Morgan fingerprint density at radius 1 is 1.18 bits per heavy atom. The van der Waals surface area contributed by atoms with Crippen LogP contribution in [0.15, 0.2) is 42.5 Å². The highest BCUT2D eigenvalue weighted by molar-refractivity contribution is 5.89. The van der Waals surface area contributed by atoms with E-state index in [2.05, 4.69) is 0 Å². The summed E-state index contributed by atoms with van der Waals surface area (Å²) in [6.07, 6.45) is 0.0816. The maximum Gasteiger partial charge on any atom is 0.320 e. The average molecular weight is 301 g/mol. The molecule has 0 aromatic heterocycles. The van der Waals surface area contributed by atoms with E-state index in [9.17, 15) is 9.59 Å². The van der Waals surface area contributed by atoms with Gasteiger partial charge >= 0.3 is 5.97 Å². The summed E-state index contributed by atoms with van der Waals surface area (Å²) in [7, 11) is 0. The Kier molecular flexibility index (Phi) is 5.12. The number of carbonyl (C=O) groups excluding carboxylic acids is 1. The second kappa shape index (κ2) is 7.04. The first-order valence-corrected chi connectivity index (χ1v) is 7.09. The zero-order chi connectivity index (χ0) is 16.1. The smallest absolute Gasteiger partial charge is 0.320 e. The number of carboxylic acids is 1. The molecule has 2 atom stereocenters. The van der Waals surface area contributed by atoms with E-state index in [4.69, 9.17) is 15.6 Å². The first-order valence-electron chi connectivity index (χ1n) is 7.09. The Hall–Kier alpha value is -2.40. The predicted octanol–water partition coefficient (Wildman–Crippen LogP) is 2.23. The van der Waals surface area contributed by atoms with Crippen LogP contribution in [0.2, 0.25) is 0 Å². The first kappa shape index (κ1) is 16.0. The minimum atomic E-state index is -1.10. The largest absolute Gasteiger partial charge is 0.485 e. The third kappa shape index (κ3) is 3.83. The number of ketones is 1. The lowest BCUT2D eigenvalue weighted by molar-refractivity contribution is -0.139. The Morgan fingerprint density at radius 3 is 2.59 bits per heavy atom. The van der Waals surface area contributed by atoms with Gasteiger partial charge in [-0.05, 0) is 17.4 Å². The summed E-state index contributed by atoms with van der Waals surface area (Å²) in [5.41, 5.74) is 5.50. The minimum Gasteiger partial charge on any atom is -0.485 e. The molecule has 1 unspecified atom stereocenters. The number of Topliss-reactive ketones (excluding diaryl/α,β-unsaturated/α-hetero) is 1. The number of nitrogens with two attached hydrogens (primary N) is 1. The van der Waals surface area contributed by atoms with E-state index < -0.39 is 17.9 Å². The van der Waals surface area contributed by atoms with Gasteiger partial charge in [-0.1, -0.05) is 43.3 Å². The highest BCUT2D eigenvalue weighted by atomic mass is 16.5. The van der Waals surface area contributed by atoms with Crippen molar-refractivity contribution in [2.24, 2.45) is 11.7 Å². The molecule has 3 N–H and O–H groups in total. The molecule has 116 valence electrons. The summed E-state index contributed by atoms with van der Waals surface area (Å²) in [4.78, 5) is 22.7. The quantitative estimate of drug-likeness (QED) is 0.818. The molecule has 0 amide bonds. The van der Waals surface area contributed by atoms with Crippen LogP contribution in [0.1, 0.15) is 13.3 Å². The Bertz CT molecular complexity index is 678. The molecule has 5 heteroatoms. The fourth-order valence-electron chi connectivity index (χ4n) is 2.27. The van der Waals surface area contributed by atoms with Gasteiger partial charge in [0.25, 0.3) is 0 Å². The van der Waals surface area contributed by atoms with Gasteiger partial charge in [0.05, 0.1) is 0 Å². The van der Waals surface area contributed by atoms with Crippen LogP contribution in [0, 0.1) is 5.92 Å². The summed E-state index contributed by atoms with van der Waals surface area (Å²) in [6, 6.07) is 12.3. The third-order valence-corrected chi connectivity index (χ3v) is 3.59. The van der Waals surface area contributed by atoms with Gasteiger partial charge in [0, 0.05) is 11.8 Å². The fourth-order valence-corrected chi connectivity index (χ4v) is 2.27. The lowest BCUT2D eigenvalue weighted by Crippen LogP contribution is -2.38. The van der Waals surface area contributed by atoms with Crippen LogP contribution in [0.3, 0.4) is 0 Å². The van der Waals surface area contributed by atoms with Crippen LogP contribution in [0.25, 0.3) is 10.8 Å². The zero-order valence-corrected chi connectivity index (χ0v) is 12.4. The molecular weight excluding hydrogens is 282 g/mol. The molecular formula is C17H19NO4. The normalized spacial score (nSPS) is 13.5. The maximum atomic E-state index is 11.9. The minimum absolute atomic E-state index is 0.0816. The Labute approximate surface area is 128 Å². The summed E-state index contributed by atoms with van der Waals surface area (Å²) >= 11 is 0. The van der Waals surface area contributed by atoms with E-state index in [1.807, 2.05) is 42.5 Å². The molecule has 0 aliphatic rings. The zero-order valence-electron chi connectivity index (χ0n) is 12.4. The van der Waals surface area contributed by atoms with E-state index in [1.165, 1.54) is 0 Å². The Balaban J connectivity index is 1.97. The van der Waals surface area contributed by atoms with Crippen molar-refractivity contribution >= 4 is 22.5 Å². The maximum absolute atomic E-state index is 11.9. The van der Waals surface area contributed by atoms with Gasteiger partial charge in [0.1, 0.15) is 18.4 Å². The van der Waals surface area contributed by atoms with E-state index in [0.717, 1.165) is 10.8 Å². The van der Waals surface area contributed by atoms with Crippen molar-refractivity contribution in [2.75, 3.05) is 6.61 Å². The Morgan fingerprint density at radius 2 is 1.86 bits per heavy atom. The predicted molar refractivity (Wildman–Crippen MR) is 83.8 cm³/mol. The summed E-state index contributed by atoms with van der Waals surface area (Å²) < 4.78 is 5.58. The molecule has 2 aromatic carbocycles. The van der Waals surface area contributed by atoms with Crippen molar-refractivity contribution in [1.29, 1.82) is 0 Å². The summed E-state index contributed by atoms with van der Waals surface area (Å²) in [6.45, 7) is 1.55. The van der Waals surface area contributed by atoms with E-state index in [1.54, 1.807) is 6.92 Å². The highest BCUT2D eigenvalue weighted by Gasteiger charge is 2.22. The van der Waals surface area contributed by atoms with E-state index >= 15 is 0 Å². The first-order chi connectivity index (χ1) is 10.5. The average Bonchev–Trinajstić information content (AvgIpc) is 2.51. The summed E-state index contributed by atoms with van der Waals surface area (Å²) in [5, 5.41) is 10.8.